The van der Waals surface area contributed by atoms with Gasteiger partial charge in [-0.15, -0.1) is 22.0 Å². The number of thioether (sulfide) groups is 2. The Kier molecular flexibility index (Phi) is 7.56. The molecule has 5 nitrogen and oxygen atoms in total. The van der Waals surface area contributed by atoms with Gasteiger partial charge in [0.2, 0.25) is 5.91 Å². The van der Waals surface area contributed by atoms with E-state index in [0.29, 0.717) is 5.75 Å². The molecule has 0 fully saturated rings. The summed E-state index contributed by atoms with van der Waals surface area (Å²) in [7, 11) is 0. The first-order chi connectivity index (χ1) is 13.7. The highest BCUT2D eigenvalue weighted by atomic mass is 32.2. The number of aromatic nitrogens is 3. The fourth-order valence-corrected chi connectivity index (χ4v) is 4.39. The second-order valence-corrected chi connectivity index (χ2v) is 8.25. The number of hydrogen-bond donors (Lipinski definition) is 1. The SMILES string of the molecule is CCn1c(CSCc2ccc(C)cc2)nnc1SCC(=O)Nc1ccccc1. The number of aryl methyl sites for hydroxylation is 1. The molecule has 3 rings (SSSR count). The fraction of sp³-hybridized carbons (Fsp3) is 0.286. The summed E-state index contributed by atoms with van der Waals surface area (Å²) in [5, 5.41) is 12.3. The number of carbonyl (C=O) groups excluding carboxylic acids is 1. The van der Waals surface area contributed by atoms with Crippen LogP contribution in [0.1, 0.15) is 23.9 Å². The zero-order chi connectivity index (χ0) is 19.8. The van der Waals surface area contributed by atoms with Gasteiger partial charge in [0.25, 0.3) is 0 Å². The first kappa shape index (κ1) is 20.5. The van der Waals surface area contributed by atoms with Gasteiger partial charge in [-0.3, -0.25) is 4.79 Å². The summed E-state index contributed by atoms with van der Waals surface area (Å²) < 4.78 is 2.09. The Bertz CT molecular complexity index is 895. The van der Waals surface area contributed by atoms with Crippen molar-refractivity contribution in [1.82, 2.24) is 14.8 Å². The van der Waals surface area contributed by atoms with E-state index in [4.69, 9.17) is 0 Å². The van der Waals surface area contributed by atoms with E-state index in [1.54, 1.807) is 0 Å². The summed E-state index contributed by atoms with van der Waals surface area (Å²) in [5.41, 5.74) is 3.39. The number of hydrogen-bond acceptors (Lipinski definition) is 5. The topological polar surface area (TPSA) is 59.8 Å². The third-order valence-electron chi connectivity index (χ3n) is 4.12. The Balaban J connectivity index is 1.51. The molecule has 0 saturated carbocycles. The number of amides is 1. The van der Waals surface area contributed by atoms with E-state index in [-0.39, 0.29) is 5.91 Å². The number of nitrogens with zero attached hydrogens (tertiary/aromatic N) is 3. The second-order valence-electron chi connectivity index (χ2n) is 6.32. The van der Waals surface area contributed by atoms with Gasteiger partial charge in [-0.2, -0.15) is 0 Å². The lowest BCUT2D eigenvalue weighted by Gasteiger charge is -2.08. The minimum absolute atomic E-state index is 0.0443. The summed E-state index contributed by atoms with van der Waals surface area (Å²) in [6, 6.07) is 18.1. The number of nitrogens with one attached hydrogen (secondary N) is 1. The molecule has 0 atom stereocenters. The lowest BCUT2D eigenvalue weighted by Crippen LogP contribution is -2.14. The maximum absolute atomic E-state index is 12.2. The van der Waals surface area contributed by atoms with Crippen molar-refractivity contribution in [3.05, 3.63) is 71.5 Å². The molecule has 1 heterocycles. The van der Waals surface area contributed by atoms with Gasteiger partial charge in [-0.25, -0.2) is 0 Å². The van der Waals surface area contributed by atoms with Crippen molar-refractivity contribution in [3.8, 4) is 0 Å². The average Bonchev–Trinajstić information content (AvgIpc) is 3.10. The molecule has 3 aromatic rings. The average molecular weight is 413 g/mol. The van der Waals surface area contributed by atoms with Crippen molar-refractivity contribution in [1.29, 1.82) is 0 Å². The van der Waals surface area contributed by atoms with E-state index in [0.717, 1.165) is 34.7 Å². The van der Waals surface area contributed by atoms with E-state index < -0.39 is 0 Å². The molecule has 0 spiro atoms. The molecule has 2 aromatic carbocycles. The predicted molar refractivity (Wildman–Crippen MR) is 118 cm³/mol. The largest absolute Gasteiger partial charge is 0.325 e. The number of para-hydroxylation sites is 1. The molecule has 1 N–H and O–H groups in total. The number of benzene rings is 2. The highest BCUT2D eigenvalue weighted by Crippen LogP contribution is 2.22. The number of rotatable bonds is 9. The quantitative estimate of drug-likeness (QED) is 0.513. The van der Waals surface area contributed by atoms with E-state index >= 15 is 0 Å². The van der Waals surface area contributed by atoms with E-state index in [1.165, 1.54) is 22.9 Å². The van der Waals surface area contributed by atoms with Crippen LogP contribution in [0.15, 0.2) is 59.8 Å². The van der Waals surface area contributed by atoms with Crippen LogP contribution in [-0.2, 0) is 22.8 Å². The van der Waals surface area contributed by atoms with Crippen LogP contribution < -0.4 is 5.32 Å². The number of anilines is 1. The first-order valence-electron chi connectivity index (χ1n) is 9.18. The van der Waals surface area contributed by atoms with Crippen LogP contribution in [0.4, 0.5) is 5.69 Å². The normalized spacial score (nSPS) is 10.8. The van der Waals surface area contributed by atoms with Crippen molar-refractivity contribution in [2.24, 2.45) is 0 Å². The smallest absolute Gasteiger partial charge is 0.234 e. The van der Waals surface area contributed by atoms with Crippen molar-refractivity contribution in [2.45, 2.75) is 37.1 Å². The van der Waals surface area contributed by atoms with Crippen LogP contribution >= 0.6 is 23.5 Å². The molecular formula is C21H24N4OS2. The molecule has 7 heteroatoms. The molecule has 0 saturated heterocycles. The maximum atomic E-state index is 12.2. The lowest BCUT2D eigenvalue weighted by molar-refractivity contribution is -0.113. The van der Waals surface area contributed by atoms with Gasteiger partial charge in [-0.05, 0) is 31.5 Å². The van der Waals surface area contributed by atoms with Crippen molar-refractivity contribution >= 4 is 35.1 Å². The summed E-state index contributed by atoms with van der Waals surface area (Å²) >= 11 is 3.24. The number of carbonyl (C=O) groups is 1. The van der Waals surface area contributed by atoms with Gasteiger partial charge in [0.05, 0.1) is 11.5 Å². The second kappa shape index (κ2) is 10.3. The Morgan fingerprint density at radius 2 is 1.79 bits per heavy atom. The van der Waals surface area contributed by atoms with E-state index in [2.05, 4.69) is 58.2 Å². The molecule has 1 amide bonds. The summed E-state index contributed by atoms with van der Waals surface area (Å²) in [5.74, 6) is 2.95. The monoisotopic (exact) mass is 412 g/mol. The Morgan fingerprint density at radius 3 is 2.50 bits per heavy atom. The van der Waals surface area contributed by atoms with E-state index in [1.807, 2.05) is 42.1 Å². The zero-order valence-electron chi connectivity index (χ0n) is 16.1. The van der Waals surface area contributed by atoms with Gasteiger partial charge < -0.3 is 9.88 Å². The van der Waals surface area contributed by atoms with Crippen LogP contribution in [-0.4, -0.2) is 26.4 Å². The van der Waals surface area contributed by atoms with Crippen LogP contribution in [0.2, 0.25) is 0 Å². The summed E-state index contributed by atoms with van der Waals surface area (Å²) in [4.78, 5) is 12.2. The van der Waals surface area contributed by atoms with E-state index in [9.17, 15) is 4.79 Å². The summed E-state index contributed by atoms with van der Waals surface area (Å²) in [6.45, 7) is 4.96. The molecule has 0 aliphatic rings. The Morgan fingerprint density at radius 1 is 1.04 bits per heavy atom. The van der Waals surface area contributed by atoms with Crippen LogP contribution in [0.3, 0.4) is 0 Å². The molecular weight excluding hydrogens is 388 g/mol. The maximum Gasteiger partial charge on any atom is 0.234 e. The molecule has 28 heavy (non-hydrogen) atoms. The first-order valence-corrected chi connectivity index (χ1v) is 11.3. The van der Waals surface area contributed by atoms with Crippen LogP contribution in [0, 0.1) is 6.92 Å². The minimum Gasteiger partial charge on any atom is -0.325 e. The third kappa shape index (κ3) is 5.87. The molecule has 0 bridgehead atoms. The minimum atomic E-state index is -0.0443. The standard InChI is InChI=1S/C21H24N4OS2/c1-3-25-19(14-27-13-17-11-9-16(2)10-12-17)23-24-21(25)28-15-20(26)22-18-7-5-4-6-8-18/h4-12H,3,13-15H2,1-2H3,(H,22,26). The predicted octanol–water partition coefficient (Wildman–Crippen LogP) is 4.77. The van der Waals surface area contributed by atoms with Crippen molar-refractivity contribution in [2.75, 3.05) is 11.1 Å². The third-order valence-corrected chi connectivity index (χ3v) is 6.09. The Hall–Kier alpha value is -2.25. The van der Waals surface area contributed by atoms with Crippen molar-refractivity contribution < 1.29 is 4.79 Å². The molecule has 0 unspecified atom stereocenters. The molecule has 0 radical (unpaired) electrons. The van der Waals surface area contributed by atoms with Gasteiger partial charge in [0, 0.05) is 18.0 Å². The van der Waals surface area contributed by atoms with Gasteiger partial charge >= 0.3 is 0 Å². The molecule has 0 aliphatic carbocycles. The van der Waals surface area contributed by atoms with Gasteiger partial charge in [0.1, 0.15) is 5.82 Å². The fourth-order valence-electron chi connectivity index (χ4n) is 2.64. The highest BCUT2D eigenvalue weighted by molar-refractivity contribution is 7.99. The summed E-state index contributed by atoms with van der Waals surface area (Å²) in [6.07, 6.45) is 0. The van der Waals surface area contributed by atoms with Crippen LogP contribution in [0.25, 0.3) is 0 Å². The molecule has 146 valence electrons. The van der Waals surface area contributed by atoms with Crippen molar-refractivity contribution in [3.63, 3.8) is 0 Å². The van der Waals surface area contributed by atoms with Gasteiger partial charge in [-0.1, -0.05) is 59.8 Å². The van der Waals surface area contributed by atoms with Crippen LogP contribution in [0.5, 0.6) is 0 Å². The lowest BCUT2D eigenvalue weighted by atomic mass is 10.2. The molecule has 0 aliphatic heterocycles. The van der Waals surface area contributed by atoms with Gasteiger partial charge in [0.15, 0.2) is 5.16 Å². The highest BCUT2D eigenvalue weighted by Gasteiger charge is 2.13. The molecule has 1 aromatic heterocycles. The zero-order valence-corrected chi connectivity index (χ0v) is 17.7. The Labute approximate surface area is 174 Å².